The van der Waals surface area contributed by atoms with Crippen molar-refractivity contribution in [3.05, 3.63) is 23.5 Å². The summed E-state index contributed by atoms with van der Waals surface area (Å²) in [4.78, 5) is 10.9. The van der Waals surface area contributed by atoms with E-state index in [0.717, 1.165) is 18.9 Å². The Morgan fingerprint density at radius 1 is 1.56 bits per heavy atom. The number of methoxy groups -OCH3 is 1. The van der Waals surface area contributed by atoms with Crippen LogP contribution in [0.3, 0.4) is 0 Å². The molecule has 0 aromatic heterocycles. The molecule has 1 saturated carbocycles. The first-order chi connectivity index (χ1) is 8.52. The number of carboxylic acids is 1. The molecule has 5 heteroatoms. The fourth-order valence-corrected chi connectivity index (χ4v) is 2.31. The van der Waals surface area contributed by atoms with Crippen LogP contribution in [0, 0.1) is 11.7 Å². The van der Waals surface area contributed by atoms with Gasteiger partial charge in [0, 0.05) is 23.6 Å². The van der Waals surface area contributed by atoms with Crippen LogP contribution in [0.2, 0.25) is 0 Å². The monoisotopic (exact) mass is 254 g/mol. The Morgan fingerprint density at radius 3 is 2.72 bits per heavy atom. The van der Waals surface area contributed by atoms with E-state index in [1.165, 1.54) is 13.2 Å². The highest BCUT2D eigenvalue weighted by atomic mass is 19.1. The van der Waals surface area contributed by atoms with Crippen molar-refractivity contribution in [2.45, 2.75) is 25.2 Å². The number of aromatic hydroxyl groups is 1. The molecule has 0 saturated heterocycles. The van der Waals surface area contributed by atoms with E-state index in [9.17, 15) is 14.3 Å². The van der Waals surface area contributed by atoms with Gasteiger partial charge in [0.2, 0.25) is 0 Å². The first-order valence-electron chi connectivity index (χ1n) is 5.81. The summed E-state index contributed by atoms with van der Waals surface area (Å²) in [6.45, 7) is 0. The van der Waals surface area contributed by atoms with Crippen molar-refractivity contribution in [1.29, 1.82) is 0 Å². The summed E-state index contributed by atoms with van der Waals surface area (Å²) < 4.78 is 18.2. The van der Waals surface area contributed by atoms with Crippen molar-refractivity contribution in [3.63, 3.8) is 0 Å². The minimum atomic E-state index is -0.933. The molecule has 4 nitrogen and oxygen atoms in total. The number of carboxylic acid groups (broad SMARTS) is 1. The highest BCUT2D eigenvalue weighted by Crippen LogP contribution is 2.49. The van der Waals surface area contributed by atoms with Crippen LogP contribution in [0.25, 0.3) is 0 Å². The molecule has 1 aliphatic carbocycles. The molecule has 0 aliphatic heterocycles. The quantitative estimate of drug-likeness (QED) is 0.847. The summed E-state index contributed by atoms with van der Waals surface area (Å²) in [6.07, 6.45) is 1.77. The maximum atomic E-state index is 13.2. The topological polar surface area (TPSA) is 66.8 Å². The summed E-state index contributed by atoms with van der Waals surface area (Å²) in [5.74, 6) is -1.64. The second kappa shape index (κ2) is 4.84. The number of halogens is 1. The maximum absolute atomic E-state index is 13.2. The van der Waals surface area contributed by atoms with E-state index in [-0.39, 0.29) is 29.8 Å². The Kier molecular flexibility index (Phi) is 3.41. The fourth-order valence-electron chi connectivity index (χ4n) is 2.31. The third-order valence-corrected chi connectivity index (χ3v) is 3.26. The lowest BCUT2D eigenvalue weighted by molar-refractivity contribution is -0.137. The van der Waals surface area contributed by atoms with E-state index in [1.807, 2.05) is 0 Å². The van der Waals surface area contributed by atoms with E-state index in [2.05, 4.69) is 0 Å². The zero-order chi connectivity index (χ0) is 13.3. The normalized spacial score (nSPS) is 16.3. The van der Waals surface area contributed by atoms with E-state index in [1.54, 1.807) is 0 Å². The van der Waals surface area contributed by atoms with Crippen LogP contribution in [-0.2, 0) is 4.79 Å². The number of hydrogen-bond donors (Lipinski definition) is 2. The number of phenols is 1. The Bertz CT molecular complexity index is 468. The van der Waals surface area contributed by atoms with E-state index < -0.39 is 11.8 Å². The first-order valence-corrected chi connectivity index (χ1v) is 5.81. The number of phenolic OH excluding ortho intramolecular Hbond substituents is 1. The van der Waals surface area contributed by atoms with Gasteiger partial charge < -0.3 is 14.9 Å². The van der Waals surface area contributed by atoms with Gasteiger partial charge in [-0.05, 0) is 18.8 Å². The van der Waals surface area contributed by atoms with Crippen LogP contribution < -0.4 is 4.74 Å². The first kappa shape index (κ1) is 12.7. The number of ether oxygens (including phenoxy) is 1. The molecule has 1 fully saturated rings. The van der Waals surface area contributed by atoms with E-state index >= 15 is 0 Å². The summed E-state index contributed by atoms with van der Waals surface area (Å²) >= 11 is 0. The third-order valence-electron chi connectivity index (χ3n) is 3.26. The predicted octanol–water partition coefficient (Wildman–Crippen LogP) is 2.51. The highest BCUT2D eigenvalue weighted by molar-refractivity contribution is 5.69. The molecule has 1 atom stereocenters. The molecule has 0 spiro atoms. The van der Waals surface area contributed by atoms with Crippen molar-refractivity contribution in [2.75, 3.05) is 7.11 Å². The number of rotatable bonds is 5. The van der Waals surface area contributed by atoms with Crippen LogP contribution in [-0.4, -0.2) is 23.3 Å². The average molecular weight is 254 g/mol. The van der Waals surface area contributed by atoms with Gasteiger partial charge in [-0.15, -0.1) is 0 Å². The van der Waals surface area contributed by atoms with Crippen molar-refractivity contribution in [2.24, 2.45) is 5.92 Å². The van der Waals surface area contributed by atoms with Gasteiger partial charge in [-0.1, -0.05) is 0 Å². The molecule has 0 radical (unpaired) electrons. The Hall–Kier alpha value is -1.78. The standard InChI is InChI=1S/C13H15FO4/c1-18-11-5-8(14)4-10(15)13(11)9(6-12(16)17)7-2-3-7/h4-5,7,9,15H,2-3,6H2,1H3,(H,16,17). The lowest BCUT2D eigenvalue weighted by Gasteiger charge is -2.19. The molecule has 1 unspecified atom stereocenters. The molecular weight excluding hydrogens is 239 g/mol. The van der Waals surface area contributed by atoms with Crippen LogP contribution in [0.4, 0.5) is 4.39 Å². The minimum Gasteiger partial charge on any atom is -0.507 e. The number of hydrogen-bond acceptors (Lipinski definition) is 3. The highest BCUT2D eigenvalue weighted by Gasteiger charge is 2.37. The lowest BCUT2D eigenvalue weighted by Crippen LogP contribution is -2.10. The van der Waals surface area contributed by atoms with Crippen molar-refractivity contribution < 1.29 is 24.1 Å². The maximum Gasteiger partial charge on any atom is 0.303 e. The zero-order valence-electron chi connectivity index (χ0n) is 10.0. The van der Waals surface area contributed by atoms with Gasteiger partial charge in [-0.2, -0.15) is 0 Å². The molecule has 2 N–H and O–H groups in total. The largest absolute Gasteiger partial charge is 0.507 e. The van der Waals surface area contributed by atoms with Crippen LogP contribution in [0.15, 0.2) is 12.1 Å². The van der Waals surface area contributed by atoms with Gasteiger partial charge in [-0.3, -0.25) is 4.79 Å². The van der Waals surface area contributed by atoms with Gasteiger partial charge in [0.05, 0.1) is 13.5 Å². The average Bonchev–Trinajstić information content (AvgIpc) is 3.09. The summed E-state index contributed by atoms with van der Waals surface area (Å²) in [7, 11) is 1.38. The number of carbonyl (C=O) groups is 1. The third kappa shape index (κ3) is 2.55. The molecule has 1 aromatic rings. The second-order valence-corrected chi connectivity index (χ2v) is 4.58. The summed E-state index contributed by atoms with van der Waals surface area (Å²) in [5.41, 5.74) is 0.406. The molecule has 1 aromatic carbocycles. The van der Waals surface area contributed by atoms with Gasteiger partial charge in [0.1, 0.15) is 17.3 Å². The summed E-state index contributed by atoms with van der Waals surface area (Å²) in [5, 5.41) is 18.8. The molecule has 2 rings (SSSR count). The molecule has 0 heterocycles. The van der Waals surface area contributed by atoms with Crippen LogP contribution >= 0.6 is 0 Å². The Balaban J connectivity index is 2.42. The van der Waals surface area contributed by atoms with E-state index in [0.29, 0.717) is 5.56 Å². The fraction of sp³-hybridized carbons (Fsp3) is 0.462. The predicted molar refractivity (Wildman–Crippen MR) is 62.3 cm³/mol. The van der Waals surface area contributed by atoms with Crippen LogP contribution in [0.1, 0.15) is 30.7 Å². The second-order valence-electron chi connectivity index (χ2n) is 4.58. The summed E-state index contributed by atoms with van der Waals surface area (Å²) in [6, 6.07) is 2.17. The smallest absolute Gasteiger partial charge is 0.303 e. The minimum absolute atomic E-state index is 0.0831. The SMILES string of the molecule is COc1cc(F)cc(O)c1C(CC(=O)O)C1CC1. The molecule has 0 bridgehead atoms. The molecule has 0 amide bonds. The van der Waals surface area contributed by atoms with Crippen LogP contribution in [0.5, 0.6) is 11.5 Å². The van der Waals surface area contributed by atoms with E-state index in [4.69, 9.17) is 9.84 Å². The molecular formula is C13H15FO4. The molecule has 18 heavy (non-hydrogen) atoms. The number of benzene rings is 1. The van der Waals surface area contributed by atoms with Crippen molar-refractivity contribution in [3.8, 4) is 11.5 Å². The van der Waals surface area contributed by atoms with Crippen molar-refractivity contribution >= 4 is 5.97 Å². The zero-order valence-corrected chi connectivity index (χ0v) is 10.0. The van der Waals surface area contributed by atoms with Crippen molar-refractivity contribution in [1.82, 2.24) is 0 Å². The van der Waals surface area contributed by atoms with Gasteiger partial charge in [-0.25, -0.2) is 4.39 Å². The van der Waals surface area contributed by atoms with Gasteiger partial charge in [0.25, 0.3) is 0 Å². The lowest BCUT2D eigenvalue weighted by atomic mass is 9.89. The van der Waals surface area contributed by atoms with Gasteiger partial charge in [0.15, 0.2) is 0 Å². The number of aliphatic carboxylic acids is 1. The molecule has 1 aliphatic rings. The Labute approximate surface area is 104 Å². The molecule has 98 valence electrons. The van der Waals surface area contributed by atoms with Gasteiger partial charge >= 0.3 is 5.97 Å². The Morgan fingerprint density at radius 2 is 2.22 bits per heavy atom.